The Balaban J connectivity index is 2.59. The van der Waals surface area contributed by atoms with E-state index in [1.54, 1.807) is 4.90 Å². The van der Waals surface area contributed by atoms with Crippen LogP contribution in [-0.2, 0) is 4.74 Å². The zero-order valence-corrected chi connectivity index (χ0v) is 8.53. The average molecular weight is 199 g/mol. The van der Waals surface area contributed by atoms with Gasteiger partial charge in [-0.25, -0.2) is 0 Å². The SMILES string of the molecule is CC1CN(C(=N)N=C(N)N)CC(C)O1. The third-order valence-corrected chi connectivity index (χ3v) is 1.95. The number of guanidine groups is 2. The molecule has 1 fully saturated rings. The number of ether oxygens (including phenoxy) is 1. The van der Waals surface area contributed by atoms with Crippen molar-refractivity contribution < 1.29 is 4.74 Å². The van der Waals surface area contributed by atoms with Gasteiger partial charge in [0.05, 0.1) is 12.2 Å². The maximum absolute atomic E-state index is 7.62. The molecule has 1 aliphatic heterocycles. The van der Waals surface area contributed by atoms with Gasteiger partial charge in [-0.15, -0.1) is 0 Å². The first kappa shape index (κ1) is 10.8. The van der Waals surface area contributed by atoms with Gasteiger partial charge in [0, 0.05) is 13.1 Å². The lowest BCUT2D eigenvalue weighted by Crippen LogP contribution is -2.48. The molecule has 0 aromatic carbocycles. The maximum Gasteiger partial charge on any atom is 0.221 e. The minimum absolute atomic E-state index is 0.0817. The number of nitrogens with two attached hydrogens (primary N) is 2. The van der Waals surface area contributed by atoms with Crippen LogP contribution in [0.4, 0.5) is 0 Å². The fraction of sp³-hybridized carbons (Fsp3) is 0.750. The van der Waals surface area contributed by atoms with Crippen LogP contribution in [0.25, 0.3) is 0 Å². The normalized spacial score (nSPS) is 27.1. The van der Waals surface area contributed by atoms with E-state index >= 15 is 0 Å². The summed E-state index contributed by atoms with van der Waals surface area (Å²) < 4.78 is 5.52. The summed E-state index contributed by atoms with van der Waals surface area (Å²) in [6, 6.07) is 0. The third-order valence-electron chi connectivity index (χ3n) is 1.95. The fourth-order valence-corrected chi connectivity index (χ4v) is 1.54. The molecule has 1 rings (SSSR count). The Labute approximate surface area is 83.4 Å². The molecule has 6 nitrogen and oxygen atoms in total. The largest absolute Gasteiger partial charge is 0.372 e. The quantitative estimate of drug-likeness (QED) is 0.355. The van der Waals surface area contributed by atoms with Crippen molar-refractivity contribution in [2.45, 2.75) is 26.1 Å². The van der Waals surface area contributed by atoms with E-state index in [-0.39, 0.29) is 24.1 Å². The van der Waals surface area contributed by atoms with Crippen LogP contribution in [-0.4, -0.2) is 42.1 Å². The molecule has 0 radical (unpaired) electrons. The highest BCUT2D eigenvalue weighted by molar-refractivity contribution is 5.91. The molecule has 0 aromatic rings. The van der Waals surface area contributed by atoms with E-state index in [9.17, 15) is 0 Å². The molecule has 1 aliphatic rings. The molecular weight excluding hydrogens is 182 g/mol. The van der Waals surface area contributed by atoms with E-state index in [0.717, 1.165) is 0 Å². The van der Waals surface area contributed by atoms with Crippen LogP contribution in [0.1, 0.15) is 13.8 Å². The molecule has 0 spiro atoms. The molecule has 0 aliphatic carbocycles. The predicted molar refractivity (Wildman–Crippen MR) is 55.1 cm³/mol. The first-order chi connectivity index (χ1) is 6.49. The zero-order chi connectivity index (χ0) is 10.7. The molecule has 80 valence electrons. The van der Waals surface area contributed by atoms with E-state index in [2.05, 4.69) is 4.99 Å². The van der Waals surface area contributed by atoms with Crippen molar-refractivity contribution in [3.05, 3.63) is 0 Å². The van der Waals surface area contributed by atoms with Gasteiger partial charge in [0.15, 0.2) is 5.96 Å². The van der Waals surface area contributed by atoms with Crippen LogP contribution in [0.5, 0.6) is 0 Å². The molecule has 2 atom stereocenters. The molecule has 5 N–H and O–H groups in total. The summed E-state index contributed by atoms with van der Waals surface area (Å²) in [5.41, 5.74) is 10.4. The van der Waals surface area contributed by atoms with Gasteiger partial charge in [-0.1, -0.05) is 0 Å². The van der Waals surface area contributed by atoms with Gasteiger partial charge in [-0.05, 0) is 13.8 Å². The van der Waals surface area contributed by atoms with E-state index < -0.39 is 0 Å². The monoisotopic (exact) mass is 199 g/mol. The lowest BCUT2D eigenvalue weighted by Gasteiger charge is -2.35. The van der Waals surface area contributed by atoms with Crippen LogP contribution in [0.15, 0.2) is 4.99 Å². The Kier molecular flexibility index (Phi) is 3.29. The van der Waals surface area contributed by atoms with Gasteiger partial charge in [0.1, 0.15) is 0 Å². The first-order valence-electron chi connectivity index (χ1n) is 4.57. The Morgan fingerprint density at radius 2 is 1.86 bits per heavy atom. The van der Waals surface area contributed by atoms with E-state index in [1.165, 1.54) is 0 Å². The summed E-state index contributed by atoms with van der Waals surface area (Å²) in [7, 11) is 0. The highest BCUT2D eigenvalue weighted by Gasteiger charge is 2.23. The van der Waals surface area contributed by atoms with Gasteiger partial charge >= 0.3 is 0 Å². The maximum atomic E-state index is 7.62. The number of morpholine rings is 1. The van der Waals surface area contributed by atoms with Crippen LogP contribution in [0.3, 0.4) is 0 Å². The Morgan fingerprint density at radius 1 is 1.36 bits per heavy atom. The topological polar surface area (TPSA) is 101 Å². The van der Waals surface area contributed by atoms with Crippen LogP contribution in [0.2, 0.25) is 0 Å². The molecule has 6 heteroatoms. The Bertz CT molecular complexity index is 238. The van der Waals surface area contributed by atoms with Crippen molar-refractivity contribution in [1.82, 2.24) is 4.90 Å². The highest BCUT2D eigenvalue weighted by Crippen LogP contribution is 2.10. The second kappa shape index (κ2) is 4.28. The molecule has 14 heavy (non-hydrogen) atoms. The molecule has 2 unspecified atom stereocenters. The Morgan fingerprint density at radius 3 is 2.29 bits per heavy atom. The molecule has 1 saturated heterocycles. The van der Waals surface area contributed by atoms with Crippen molar-refractivity contribution >= 4 is 11.9 Å². The predicted octanol–water partition coefficient (Wildman–Crippen LogP) is -0.696. The summed E-state index contributed by atoms with van der Waals surface area (Å²) in [6.07, 6.45) is 0.210. The van der Waals surface area contributed by atoms with Crippen molar-refractivity contribution in [3.8, 4) is 0 Å². The number of aliphatic imine (C=N–C) groups is 1. The number of hydrogen-bond acceptors (Lipinski definition) is 2. The summed E-state index contributed by atoms with van der Waals surface area (Å²) >= 11 is 0. The van der Waals surface area contributed by atoms with Gasteiger partial charge in [0.2, 0.25) is 5.96 Å². The summed E-state index contributed by atoms with van der Waals surface area (Å²) in [4.78, 5) is 5.50. The molecule has 0 aromatic heterocycles. The first-order valence-corrected chi connectivity index (χ1v) is 4.57. The fourth-order valence-electron chi connectivity index (χ4n) is 1.54. The van der Waals surface area contributed by atoms with Crippen molar-refractivity contribution in [2.75, 3.05) is 13.1 Å². The van der Waals surface area contributed by atoms with Crippen molar-refractivity contribution in [2.24, 2.45) is 16.5 Å². The lowest BCUT2D eigenvalue weighted by atomic mass is 10.2. The van der Waals surface area contributed by atoms with Crippen LogP contribution < -0.4 is 11.5 Å². The zero-order valence-electron chi connectivity index (χ0n) is 8.53. The van der Waals surface area contributed by atoms with Crippen molar-refractivity contribution in [3.63, 3.8) is 0 Å². The highest BCUT2D eigenvalue weighted by atomic mass is 16.5. The smallest absolute Gasteiger partial charge is 0.221 e. The molecule has 1 heterocycles. The molecule has 0 amide bonds. The number of nitrogens with one attached hydrogen (secondary N) is 1. The van der Waals surface area contributed by atoms with E-state index in [1.807, 2.05) is 13.8 Å². The average Bonchev–Trinajstić information content (AvgIpc) is 2.00. The van der Waals surface area contributed by atoms with Gasteiger partial charge in [-0.3, -0.25) is 5.41 Å². The number of hydrogen-bond donors (Lipinski definition) is 3. The second-order valence-corrected chi connectivity index (χ2v) is 3.52. The molecular formula is C8H17N5O. The van der Waals surface area contributed by atoms with Crippen LogP contribution >= 0.6 is 0 Å². The van der Waals surface area contributed by atoms with Gasteiger partial charge in [-0.2, -0.15) is 4.99 Å². The summed E-state index contributed by atoms with van der Waals surface area (Å²) in [5, 5.41) is 7.62. The summed E-state index contributed by atoms with van der Waals surface area (Å²) in [5.74, 6) is 0.0220. The standard InChI is InChI=1S/C8H17N5O/c1-5-3-13(4-6(2)14-5)8(11)12-7(9)10/h5-6H,3-4H2,1-2H3,(H5,9,10,11,12). The minimum Gasteiger partial charge on any atom is -0.372 e. The number of rotatable bonds is 0. The lowest BCUT2D eigenvalue weighted by molar-refractivity contribution is -0.0485. The van der Waals surface area contributed by atoms with E-state index in [0.29, 0.717) is 13.1 Å². The van der Waals surface area contributed by atoms with Gasteiger partial charge in [0.25, 0.3) is 0 Å². The minimum atomic E-state index is -0.0817. The van der Waals surface area contributed by atoms with Crippen molar-refractivity contribution in [1.29, 1.82) is 5.41 Å². The van der Waals surface area contributed by atoms with E-state index in [4.69, 9.17) is 21.6 Å². The third kappa shape index (κ3) is 2.88. The molecule has 0 bridgehead atoms. The second-order valence-electron chi connectivity index (χ2n) is 3.52. The van der Waals surface area contributed by atoms with Crippen LogP contribution in [0, 0.1) is 5.41 Å². The number of nitrogens with zero attached hydrogens (tertiary/aromatic N) is 2. The van der Waals surface area contributed by atoms with Gasteiger partial charge < -0.3 is 21.1 Å². The molecule has 0 saturated carbocycles. The Hall–Kier alpha value is -1.30. The summed E-state index contributed by atoms with van der Waals surface area (Å²) in [6.45, 7) is 5.23.